The van der Waals surface area contributed by atoms with E-state index in [1.54, 1.807) is 19.1 Å². The summed E-state index contributed by atoms with van der Waals surface area (Å²) in [6.45, 7) is 4.57. The number of carbonyl (C=O) groups is 1. The molecule has 2 N–H and O–H groups in total. The van der Waals surface area contributed by atoms with Gasteiger partial charge >= 0.3 is 5.97 Å². The van der Waals surface area contributed by atoms with Crippen LogP contribution in [0.1, 0.15) is 41.8 Å². The first kappa shape index (κ1) is 20.6. The molecule has 5 nitrogen and oxygen atoms in total. The Bertz CT molecular complexity index is 774. The minimum atomic E-state index is -0.563. The van der Waals surface area contributed by atoms with Crippen LogP contribution in [0.25, 0.3) is 0 Å². The number of nitrogens with one attached hydrogen (secondary N) is 1. The molecule has 1 heterocycles. The minimum Gasteiger partial charge on any atom is -0.462 e. The molecular weight excluding hydrogens is 376 g/mol. The van der Waals surface area contributed by atoms with Crippen molar-refractivity contribution in [2.24, 2.45) is 0 Å². The van der Waals surface area contributed by atoms with Crippen LogP contribution in [0.4, 0.5) is 5.69 Å². The number of carbonyl (C=O) groups excluding carboxylic acids is 1. The molecule has 0 aromatic heterocycles. The summed E-state index contributed by atoms with van der Waals surface area (Å²) in [6, 6.07) is 15.3. The molecule has 1 atom stereocenters. The normalized spacial score (nSPS) is 16.0. The molecule has 1 fully saturated rings. The van der Waals surface area contributed by atoms with Crippen LogP contribution in [-0.4, -0.2) is 43.4 Å². The zero-order valence-corrected chi connectivity index (χ0v) is 16.9. The molecule has 1 saturated heterocycles. The second kappa shape index (κ2) is 9.92. The molecule has 1 aliphatic heterocycles. The highest BCUT2D eigenvalue weighted by Crippen LogP contribution is 2.22. The predicted molar refractivity (Wildman–Crippen MR) is 112 cm³/mol. The Labute approximate surface area is 171 Å². The van der Waals surface area contributed by atoms with Crippen molar-refractivity contribution in [3.05, 3.63) is 64.7 Å². The fraction of sp³-hybridized carbons (Fsp3) is 0.409. The second-order valence-electron chi connectivity index (χ2n) is 7.01. The van der Waals surface area contributed by atoms with Gasteiger partial charge in [-0.05, 0) is 61.7 Å². The lowest BCUT2D eigenvalue weighted by atomic mass is 10.0. The molecule has 2 aromatic rings. The van der Waals surface area contributed by atoms with E-state index in [-0.39, 0.29) is 5.97 Å². The summed E-state index contributed by atoms with van der Waals surface area (Å²) in [4.78, 5) is 14.1. The smallest absolute Gasteiger partial charge is 0.338 e. The zero-order valence-electron chi connectivity index (χ0n) is 16.1. The standard InChI is InChI=1S/C22H27ClN2O3/c1-2-28-22(27)16-6-8-20(9-7-16)25-12-10-19(11-13-25)24-15-21(26)17-4-3-5-18(23)14-17/h3-9,14,19,21,24,26H,2,10-13,15H2,1H3. The van der Waals surface area contributed by atoms with Crippen molar-refractivity contribution in [2.45, 2.75) is 31.9 Å². The molecule has 3 rings (SSSR count). The van der Waals surface area contributed by atoms with E-state index >= 15 is 0 Å². The van der Waals surface area contributed by atoms with Crippen molar-refractivity contribution >= 4 is 23.3 Å². The lowest BCUT2D eigenvalue weighted by Crippen LogP contribution is -2.43. The molecule has 0 bridgehead atoms. The van der Waals surface area contributed by atoms with E-state index in [9.17, 15) is 9.90 Å². The van der Waals surface area contributed by atoms with Gasteiger partial charge in [0, 0.05) is 36.4 Å². The van der Waals surface area contributed by atoms with Gasteiger partial charge in [-0.3, -0.25) is 0 Å². The number of halogens is 1. The SMILES string of the molecule is CCOC(=O)c1ccc(N2CCC(NCC(O)c3cccc(Cl)c3)CC2)cc1. The van der Waals surface area contributed by atoms with Gasteiger partial charge in [-0.2, -0.15) is 0 Å². The average molecular weight is 403 g/mol. The van der Waals surface area contributed by atoms with Gasteiger partial charge in [-0.15, -0.1) is 0 Å². The summed E-state index contributed by atoms with van der Waals surface area (Å²) in [5.74, 6) is -0.282. The second-order valence-corrected chi connectivity index (χ2v) is 7.44. The maximum atomic E-state index is 11.8. The zero-order chi connectivity index (χ0) is 19.9. The molecule has 6 heteroatoms. The summed E-state index contributed by atoms with van der Waals surface area (Å²) < 4.78 is 5.02. The highest BCUT2D eigenvalue weighted by atomic mass is 35.5. The lowest BCUT2D eigenvalue weighted by Gasteiger charge is -2.34. The van der Waals surface area contributed by atoms with Gasteiger partial charge in [0.05, 0.1) is 18.3 Å². The first-order valence-corrected chi connectivity index (χ1v) is 10.1. The van der Waals surface area contributed by atoms with E-state index in [1.165, 1.54) is 0 Å². The number of anilines is 1. The van der Waals surface area contributed by atoms with E-state index in [2.05, 4.69) is 10.2 Å². The predicted octanol–water partition coefficient (Wildman–Crippen LogP) is 3.81. The molecule has 1 unspecified atom stereocenters. The van der Waals surface area contributed by atoms with Crippen LogP contribution in [0.15, 0.2) is 48.5 Å². The molecule has 0 radical (unpaired) electrons. The van der Waals surface area contributed by atoms with E-state index in [1.807, 2.05) is 36.4 Å². The summed E-state index contributed by atoms with van der Waals surface area (Å²) in [5, 5.41) is 14.5. The van der Waals surface area contributed by atoms with Gasteiger partial charge in [0.1, 0.15) is 0 Å². The lowest BCUT2D eigenvalue weighted by molar-refractivity contribution is 0.0526. The maximum absolute atomic E-state index is 11.8. The van der Waals surface area contributed by atoms with Gasteiger partial charge in [0.15, 0.2) is 0 Å². The van der Waals surface area contributed by atoms with Crippen molar-refractivity contribution < 1.29 is 14.6 Å². The van der Waals surface area contributed by atoms with Crippen molar-refractivity contribution in [3.8, 4) is 0 Å². The van der Waals surface area contributed by atoms with Crippen LogP contribution in [-0.2, 0) is 4.74 Å². The highest BCUT2D eigenvalue weighted by Gasteiger charge is 2.20. The third kappa shape index (κ3) is 5.47. The Morgan fingerprint density at radius 1 is 1.25 bits per heavy atom. The van der Waals surface area contributed by atoms with Gasteiger partial charge in [0.2, 0.25) is 0 Å². The van der Waals surface area contributed by atoms with Crippen LogP contribution >= 0.6 is 11.6 Å². The van der Waals surface area contributed by atoms with Crippen molar-refractivity contribution in [1.82, 2.24) is 5.32 Å². The number of nitrogens with zero attached hydrogens (tertiary/aromatic N) is 1. The molecule has 0 amide bonds. The van der Waals surface area contributed by atoms with Crippen LogP contribution in [0.3, 0.4) is 0 Å². The molecular formula is C22H27ClN2O3. The molecule has 0 spiro atoms. The van der Waals surface area contributed by atoms with Crippen molar-refractivity contribution in [1.29, 1.82) is 0 Å². The maximum Gasteiger partial charge on any atom is 0.338 e. The van der Waals surface area contributed by atoms with Gasteiger partial charge in [0.25, 0.3) is 0 Å². The number of ether oxygens (including phenoxy) is 1. The van der Waals surface area contributed by atoms with Crippen LogP contribution in [0.2, 0.25) is 5.02 Å². The molecule has 150 valence electrons. The first-order chi connectivity index (χ1) is 13.6. The van der Waals surface area contributed by atoms with E-state index in [0.717, 1.165) is 37.2 Å². The number of piperidine rings is 1. The summed E-state index contributed by atoms with van der Waals surface area (Å²) >= 11 is 5.99. The number of benzene rings is 2. The number of rotatable bonds is 7. The van der Waals surface area contributed by atoms with Crippen molar-refractivity contribution in [3.63, 3.8) is 0 Å². The molecule has 0 saturated carbocycles. The highest BCUT2D eigenvalue weighted by molar-refractivity contribution is 6.30. The largest absolute Gasteiger partial charge is 0.462 e. The number of aliphatic hydroxyl groups excluding tert-OH is 1. The number of hydrogen-bond acceptors (Lipinski definition) is 5. The van der Waals surface area contributed by atoms with E-state index < -0.39 is 6.10 Å². The van der Waals surface area contributed by atoms with Crippen LogP contribution < -0.4 is 10.2 Å². The van der Waals surface area contributed by atoms with Crippen LogP contribution in [0, 0.1) is 0 Å². The van der Waals surface area contributed by atoms with Gasteiger partial charge in [-0.1, -0.05) is 23.7 Å². The number of aliphatic hydroxyl groups is 1. The van der Waals surface area contributed by atoms with E-state index in [4.69, 9.17) is 16.3 Å². The Balaban J connectivity index is 1.46. The first-order valence-electron chi connectivity index (χ1n) is 9.76. The fourth-order valence-electron chi connectivity index (χ4n) is 3.47. The summed E-state index contributed by atoms with van der Waals surface area (Å²) in [7, 11) is 0. The molecule has 2 aromatic carbocycles. The third-order valence-electron chi connectivity index (χ3n) is 5.07. The van der Waals surface area contributed by atoms with Gasteiger partial charge in [-0.25, -0.2) is 4.79 Å². The topological polar surface area (TPSA) is 61.8 Å². The summed E-state index contributed by atoms with van der Waals surface area (Å²) in [6.07, 6.45) is 1.44. The van der Waals surface area contributed by atoms with Crippen LogP contribution in [0.5, 0.6) is 0 Å². The third-order valence-corrected chi connectivity index (χ3v) is 5.31. The Morgan fingerprint density at radius 3 is 2.61 bits per heavy atom. The Kier molecular flexibility index (Phi) is 7.31. The number of hydrogen-bond donors (Lipinski definition) is 2. The average Bonchev–Trinajstić information content (AvgIpc) is 2.73. The number of esters is 1. The molecule has 1 aliphatic rings. The monoisotopic (exact) mass is 402 g/mol. The van der Waals surface area contributed by atoms with Gasteiger partial charge < -0.3 is 20.1 Å². The summed E-state index contributed by atoms with van der Waals surface area (Å²) in [5.41, 5.74) is 2.53. The molecule has 28 heavy (non-hydrogen) atoms. The quantitative estimate of drug-likeness (QED) is 0.689. The Hall–Kier alpha value is -2.08. The fourth-order valence-corrected chi connectivity index (χ4v) is 3.67. The Morgan fingerprint density at radius 2 is 1.96 bits per heavy atom. The molecule has 0 aliphatic carbocycles. The minimum absolute atomic E-state index is 0.282. The van der Waals surface area contributed by atoms with Crippen molar-refractivity contribution in [2.75, 3.05) is 31.1 Å². The van der Waals surface area contributed by atoms with E-state index in [0.29, 0.717) is 29.8 Å².